The third kappa shape index (κ3) is 6.80. The average Bonchev–Trinajstić information content (AvgIpc) is 2.42. The van der Waals surface area contributed by atoms with Crippen molar-refractivity contribution in [2.45, 2.75) is 43.5 Å². The van der Waals surface area contributed by atoms with E-state index in [2.05, 4.69) is 5.32 Å². The molecule has 0 bridgehead atoms. The molecule has 1 fully saturated rings. The van der Waals surface area contributed by atoms with Crippen LogP contribution in [0.1, 0.15) is 12.8 Å². The fraction of sp³-hybridized carbons (Fsp3) is 0.818. The van der Waals surface area contributed by atoms with Gasteiger partial charge in [0, 0.05) is 0 Å². The van der Waals surface area contributed by atoms with E-state index in [-0.39, 0.29) is 12.8 Å². The third-order valence-corrected chi connectivity index (χ3v) is 2.79. The molecule has 124 valence electrons. The monoisotopic (exact) mass is 311 g/mol. The fourth-order valence-electron chi connectivity index (χ4n) is 1.62. The number of carboxylic acid groups (broad SMARTS) is 2. The predicted molar refractivity (Wildman–Crippen MR) is 67.3 cm³/mol. The number of hydrogen-bond acceptors (Lipinski definition) is 8. The molecule has 1 rings (SSSR count). The summed E-state index contributed by atoms with van der Waals surface area (Å²) < 4.78 is 4.85. The van der Waals surface area contributed by atoms with Gasteiger partial charge in [-0.1, -0.05) is 0 Å². The van der Waals surface area contributed by atoms with Crippen molar-refractivity contribution < 1.29 is 45.0 Å². The second-order valence-corrected chi connectivity index (χ2v) is 4.33. The number of carboxylic acids is 2. The lowest BCUT2D eigenvalue weighted by Crippen LogP contribution is -2.62. The SMILES string of the molecule is CN[C@H]1C(O)O[C@H](CO)[C@@H](O)[C@@H]1O.O=C(O)CCC(=O)O. The summed E-state index contributed by atoms with van der Waals surface area (Å²) in [5.74, 6) is -2.15. The second-order valence-electron chi connectivity index (χ2n) is 4.33. The summed E-state index contributed by atoms with van der Waals surface area (Å²) in [5, 5.41) is 55.2. The molecule has 0 saturated carbocycles. The molecule has 1 aliphatic heterocycles. The highest BCUT2D eigenvalue weighted by Gasteiger charge is 2.42. The Morgan fingerprint density at radius 3 is 1.86 bits per heavy atom. The van der Waals surface area contributed by atoms with Gasteiger partial charge in [0.15, 0.2) is 6.29 Å². The number of aliphatic hydroxyl groups excluding tert-OH is 4. The maximum atomic E-state index is 9.64. The lowest BCUT2D eigenvalue weighted by atomic mass is 9.97. The molecule has 0 aromatic carbocycles. The van der Waals surface area contributed by atoms with Gasteiger partial charge in [0.25, 0.3) is 0 Å². The van der Waals surface area contributed by atoms with E-state index in [9.17, 15) is 24.9 Å². The number of likely N-dealkylation sites (N-methyl/N-ethyl adjacent to an activating group) is 1. The molecule has 1 aliphatic rings. The highest BCUT2D eigenvalue weighted by atomic mass is 16.6. The van der Waals surface area contributed by atoms with Crippen LogP contribution in [0, 0.1) is 0 Å². The number of aliphatic hydroxyl groups is 4. The molecule has 0 aromatic heterocycles. The maximum Gasteiger partial charge on any atom is 0.303 e. The molecule has 1 heterocycles. The number of carbonyl (C=O) groups is 2. The summed E-state index contributed by atoms with van der Waals surface area (Å²) in [6.45, 7) is -0.439. The van der Waals surface area contributed by atoms with Gasteiger partial charge in [-0.3, -0.25) is 9.59 Å². The van der Waals surface area contributed by atoms with Crippen LogP contribution in [-0.2, 0) is 14.3 Å². The summed E-state index contributed by atoms with van der Waals surface area (Å²) >= 11 is 0. The van der Waals surface area contributed by atoms with Gasteiger partial charge < -0.3 is 40.7 Å². The lowest BCUT2D eigenvalue weighted by Gasteiger charge is -2.39. The predicted octanol–water partition coefficient (Wildman–Crippen LogP) is -3.06. The Morgan fingerprint density at radius 2 is 1.52 bits per heavy atom. The van der Waals surface area contributed by atoms with Crippen molar-refractivity contribution >= 4 is 11.9 Å². The van der Waals surface area contributed by atoms with Gasteiger partial charge >= 0.3 is 11.9 Å². The highest BCUT2D eigenvalue weighted by Crippen LogP contribution is 2.19. The molecule has 1 unspecified atom stereocenters. The molecule has 10 heteroatoms. The van der Waals surface area contributed by atoms with Crippen LogP contribution < -0.4 is 5.32 Å². The van der Waals surface area contributed by atoms with E-state index >= 15 is 0 Å². The van der Waals surface area contributed by atoms with Crippen LogP contribution in [-0.4, -0.2) is 86.9 Å². The quantitative estimate of drug-likeness (QED) is 0.276. The van der Waals surface area contributed by atoms with E-state index in [1.807, 2.05) is 0 Å². The van der Waals surface area contributed by atoms with Crippen LogP contribution in [0.5, 0.6) is 0 Å². The Hall–Kier alpha value is -1.30. The molecule has 0 amide bonds. The molecule has 21 heavy (non-hydrogen) atoms. The van der Waals surface area contributed by atoms with Crippen molar-refractivity contribution in [1.82, 2.24) is 5.32 Å². The zero-order valence-corrected chi connectivity index (χ0v) is 11.4. The van der Waals surface area contributed by atoms with Gasteiger partial charge in [0.05, 0.1) is 25.5 Å². The van der Waals surface area contributed by atoms with Gasteiger partial charge in [0.1, 0.15) is 18.3 Å². The van der Waals surface area contributed by atoms with Crippen LogP contribution >= 0.6 is 0 Å². The molecule has 0 aliphatic carbocycles. The number of nitrogens with one attached hydrogen (secondary N) is 1. The molecule has 0 aromatic rings. The zero-order chi connectivity index (χ0) is 16.6. The van der Waals surface area contributed by atoms with Gasteiger partial charge in [-0.05, 0) is 7.05 Å². The van der Waals surface area contributed by atoms with Crippen molar-refractivity contribution in [3.63, 3.8) is 0 Å². The minimum atomic E-state index is -1.22. The average molecular weight is 311 g/mol. The van der Waals surface area contributed by atoms with Crippen LogP contribution in [0.2, 0.25) is 0 Å². The van der Waals surface area contributed by atoms with Gasteiger partial charge in [-0.25, -0.2) is 0 Å². The third-order valence-electron chi connectivity index (χ3n) is 2.79. The first kappa shape index (κ1) is 19.7. The largest absolute Gasteiger partial charge is 0.481 e. The van der Waals surface area contributed by atoms with Crippen LogP contribution in [0.25, 0.3) is 0 Å². The van der Waals surface area contributed by atoms with Crippen molar-refractivity contribution in [2.24, 2.45) is 0 Å². The number of aliphatic carboxylic acids is 2. The topological polar surface area (TPSA) is 177 Å². The normalized spacial score (nSPS) is 32.0. The van der Waals surface area contributed by atoms with E-state index in [1.165, 1.54) is 7.05 Å². The van der Waals surface area contributed by atoms with Crippen molar-refractivity contribution in [3.05, 3.63) is 0 Å². The van der Waals surface area contributed by atoms with Crippen molar-refractivity contribution in [3.8, 4) is 0 Å². The van der Waals surface area contributed by atoms with Gasteiger partial charge in [-0.2, -0.15) is 0 Å². The highest BCUT2D eigenvalue weighted by molar-refractivity contribution is 5.75. The van der Waals surface area contributed by atoms with Crippen LogP contribution in [0.15, 0.2) is 0 Å². The van der Waals surface area contributed by atoms with Gasteiger partial charge in [0.2, 0.25) is 0 Å². The molecule has 10 nitrogen and oxygen atoms in total. The Morgan fingerprint density at radius 1 is 1.05 bits per heavy atom. The standard InChI is InChI=1S/C7H15NO5.C4H6O4/c1-8-4-6(11)5(10)3(2-9)13-7(4)12;5-3(6)1-2-4(7)8/h3-12H,2H2,1H3;1-2H2,(H,5,6)(H,7,8)/t3-,4-,5-,6-,7?;/m1./s1. The Kier molecular flexibility index (Phi) is 9.01. The first-order valence-corrected chi connectivity index (χ1v) is 6.16. The van der Waals surface area contributed by atoms with Crippen LogP contribution in [0.3, 0.4) is 0 Å². The van der Waals surface area contributed by atoms with Crippen molar-refractivity contribution in [1.29, 1.82) is 0 Å². The number of hydrogen-bond donors (Lipinski definition) is 7. The van der Waals surface area contributed by atoms with E-state index < -0.39 is 49.2 Å². The molecule has 7 N–H and O–H groups in total. The minimum absolute atomic E-state index is 0.296. The molecule has 5 atom stereocenters. The first-order valence-electron chi connectivity index (χ1n) is 6.16. The van der Waals surface area contributed by atoms with Crippen molar-refractivity contribution in [2.75, 3.05) is 13.7 Å². The van der Waals surface area contributed by atoms with Crippen LogP contribution in [0.4, 0.5) is 0 Å². The molecular weight excluding hydrogens is 290 g/mol. The molecular formula is C11H21NO9. The van der Waals surface area contributed by atoms with Gasteiger partial charge in [-0.15, -0.1) is 0 Å². The summed E-state index contributed by atoms with van der Waals surface area (Å²) in [6, 6.07) is -0.738. The number of rotatable bonds is 5. The number of ether oxygens (including phenoxy) is 1. The lowest BCUT2D eigenvalue weighted by molar-refractivity contribution is -0.253. The van der Waals surface area contributed by atoms with E-state index in [4.69, 9.17) is 20.1 Å². The first-order chi connectivity index (χ1) is 9.74. The summed E-state index contributed by atoms with van der Waals surface area (Å²) in [4.78, 5) is 19.3. The summed E-state index contributed by atoms with van der Waals surface area (Å²) in [7, 11) is 1.53. The summed E-state index contributed by atoms with van der Waals surface area (Å²) in [6.07, 6.45) is -5.09. The maximum absolute atomic E-state index is 9.64. The Bertz CT molecular complexity index is 324. The Balaban J connectivity index is 0.000000433. The minimum Gasteiger partial charge on any atom is -0.481 e. The van der Waals surface area contributed by atoms with E-state index in [0.29, 0.717) is 0 Å². The fourth-order valence-corrected chi connectivity index (χ4v) is 1.62. The molecule has 0 spiro atoms. The van der Waals surface area contributed by atoms with E-state index in [1.54, 1.807) is 0 Å². The van der Waals surface area contributed by atoms with E-state index in [0.717, 1.165) is 0 Å². The molecule has 1 saturated heterocycles. The Labute approximate surface area is 120 Å². The summed E-state index contributed by atoms with van der Waals surface area (Å²) in [5.41, 5.74) is 0. The smallest absolute Gasteiger partial charge is 0.303 e. The zero-order valence-electron chi connectivity index (χ0n) is 11.4. The second kappa shape index (κ2) is 9.60. The molecule has 0 radical (unpaired) electrons.